The summed E-state index contributed by atoms with van der Waals surface area (Å²) in [5.41, 5.74) is 8.18. The second-order valence-corrected chi connectivity index (χ2v) is 3.83. The van der Waals surface area contributed by atoms with Crippen LogP contribution in [0, 0.1) is 6.92 Å². The smallest absolute Gasteiger partial charge is 0.309 e. The molecule has 88 valence electrons. The fourth-order valence-electron chi connectivity index (χ4n) is 1.68. The predicted molar refractivity (Wildman–Crippen MR) is 64.1 cm³/mol. The second-order valence-electron chi connectivity index (χ2n) is 3.83. The maximum atomic E-state index is 10.6. The summed E-state index contributed by atoms with van der Waals surface area (Å²) in [6.45, 7) is 1.95. The van der Waals surface area contributed by atoms with Gasteiger partial charge in [-0.05, 0) is 18.6 Å². The fraction of sp³-hybridized carbons (Fsp3) is 0.167. The number of hydrogen-bond donors (Lipinski definition) is 2. The first-order valence-corrected chi connectivity index (χ1v) is 5.20. The number of aryl methyl sites for hydroxylation is 1. The Morgan fingerprint density at radius 2 is 2.18 bits per heavy atom. The van der Waals surface area contributed by atoms with Gasteiger partial charge < -0.3 is 10.8 Å². The number of anilines is 1. The predicted octanol–water partition coefficient (Wildman–Crippen LogP) is 1.39. The molecule has 0 saturated carbocycles. The highest BCUT2D eigenvalue weighted by Gasteiger charge is 2.10. The molecular formula is C12H13N3O2. The van der Waals surface area contributed by atoms with Crippen LogP contribution in [0.4, 0.5) is 5.82 Å². The molecule has 17 heavy (non-hydrogen) atoms. The molecule has 0 aliphatic rings. The first-order chi connectivity index (χ1) is 8.08. The number of hydrogen-bond acceptors (Lipinski definition) is 3. The molecule has 3 N–H and O–H groups in total. The third-order valence-corrected chi connectivity index (χ3v) is 2.46. The molecule has 0 unspecified atom stereocenters. The molecule has 1 aromatic carbocycles. The maximum Gasteiger partial charge on any atom is 0.309 e. The third-order valence-electron chi connectivity index (χ3n) is 2.46. The summed E-state index contributed by atoms with van der Waals surface area (Å²) in [5.74, 6) is -0.477. The molecule has 0 saturated heterocycles. The van der Waals surface area contributed by atoms with Gasteiger partial charge in [0.05, 0.1) is 17.8 Å². The minimum Gasteiger partial charge on any atom is -0.481 e. The highest BCUT2D eigenvalue weighted by molar-refractivity contribution is 5.70. The normalized spacial score (nSPS) is 10.4. The molecule has 0 aliphatic heterocycles. The molecule has 0 fully saturated rings. The summed E-state index contributed by atoms with van der Waals surface area (Å²) in [5, 5.41) is 12.9. The van der Waals surface area contributed by atoms with E-state index in [1.54, 1.807) is 10.7 Å². The first kappa shape index (κ1) is 11.2. The van der Waals surface area contributed by atoms with Gasteiger partial charge in [0, 0.05) is 6.07 Å². The van der Waals surface area contributed by atoms with Crippen LogP contribution in [0.25, 0.3) is 5.69 Å². The zero-order chi connectivity index (χ0) is 12.4. The van der Waals surface area contributed by atoms with Crippen molar-refractivity contribution < 1.29 is 9.90 Å². The summed E-state index contributed by atoms with van der Waals surface area (Å²) in [6.07, 6.45) is -0.122. The SMILES string of the molecule is Cc1ccccc1-n1nc(CC(=O)O)cc1N. The number of carboxylic acids is 1. The van der Waals surface area contributed by atoms with E-state index in [1.807, 2.05) is 31.2 Å². The van der Waals surface area contributed by atoms with E-state index in [9.17, 15) is 4.79 Å². The number of carbonyl (C=O) groups is 1. The maximum absolute atomic E-state index is 10.6. The number of nitrogens with two attached hydrogens (primary N) is 1. The Kier molecular flexibility index (Phi) is 2.82. The molecule has 0 amide bonds. The first-order valence-electron chi connectivity index (χ1n) is 5.20. The lowest BCUT2D eigenvalue weighted by molar-refractivity contribution is -0.136. The van der Waals surface area contributed by atoms with Gasteiger partial charge in [-0.1, -0.05) is 18.2 Å². The topological polar surface area (TPSA) is 81.1 Å². The van der Waals surface area contributed by atoms with Crippen LogP contribution >= 0.6 is 0 Å². The number of para-hydroxylation sites is 1. The summed E-state index contributed by atoms with van der Waals surface area (Å²) < 4.78 is 1.56. The number of aliphatic carboxylic acids is 1. The van der Waals surface area contributed by atoms with E-state index >= 15 is 0 Å². The molecule has 1 heterocycles. The molecule has 0 aliphatic carbocycles. The molecule has 2 rings (SSSR count). The quantitative estimate of drug-likeness (QED) is 0.836. The van der Waals surface area contributed by atoms with E-state index < -0.39 is 5.97 Å². The average molecular weight is 231 g/mol. The highest BCUT2D eigenvalue weighted by atomic mass is 16.4. The minimum atomic E-state index is -0.917. The van der Waals surface area contributed by atoms with E-state index in [2.05, 4.69) is 5.10 Å². The number of nitrogen functional groups attached to an aromatic ring is 1. The summed E-state index contributed by atoms with van der Waals surface area (Å²) in [6, 6.07) is 9.24. The molecular weight excluding hydrogens is 218 g/mol. The van der Waals surface area contributed by atoms with Gasteiger partial charge in [0.25, 0.3) is 0 Å². The van der Waals surface area contributed by atoms with Crippen molar-refractivity contribution >= 4 is 11.8 Å². The van der Waals surface area contributed by atoms with Crippen LogP contribution in [-0.4, -0.2) is 20.9 Å². The van der Waals surface area contributed by atoms with E-state index in [4.69, 9.17) is 10.8 Å². The molecule has 0 atom stereocenters. The van der Waals surface area contributed by atoms with Crippen LogP contribution in [0.3, 0.4) is 0 Å². The lowest BCUT2D eigenvalue weighted by Gasteiger charge is -2.06. The summed E-state index contributed by atoms with van der Waals surface area (Å²) in [4.78, 5) is 10.6. The van der Waals surface area contributed by atoms with Crippen LogP contribution in [-0.2, 0) is 11.2 Å². The van der Waals surface area contributed by atoms with Crippen LogP contribution in [0.1, 0.15) is 11.3 Å². The van der Waals surface area contributed by atoms with Crippen molar-refractivity contribution in [2.24, 2.45) is 0 Å². The lowest BCUT2D eigenvalue weighted by atomic mass is 10.2. The number of nitrogens with zero attached hydrogens (tertiary/aromatic N) is 2. The van der Waals surface area contributed by atoms with E-state index in [1.165, 1.54) is 0 Å². The highest BCUT2D eigenvalue weighted by Crippen LogP contribution is 2.18. The number of carboxylic acid groups (broad SMARTS) is 1. The van der Waals surface area contributed by atoms with Crippen LogP contribution in [0.5, 0.6) is 0 Å². The lowest BCUT2D eigenvalue weighted by Crippen LogP contribution is -2.05. The zero-order valence-corrected chi connectivity index (χ0v) is 9.42. The Morgan fingerprint density at radius 3 is 2.82 bits per heavy atom. The molecule has 0 spiro atoms. The standard InChI is InChI=1S/C12H13N3O2/c1-8-4-2-3-5-10(8)15-11(13)6-9(14-15)7-12(16)17/h2-6H,7,13H2,1H3,(H,16,17). The van der Waals surface area contributed by atoms with Gasteiger partial charge in [-0.2, -0.15) is 5.10 Å². The van der Waals surface area contributed by atoms with Crippen molar-refractivity contribution in [3.8, 4) is 5.69 Å². The van der Waals surface area contributed by atoms with Crippen molar-refractivity contribution in [2.75, 3.05) is 5.73 Å². The summed E-state index contributed by atoms with van der Waals surface area (Å²) in [7, 11) is 0. The van der Waals surface area contributed by atoms with E-state index in [0.29, 0.717) is 11.5 Å². The monoisotopic (exact) mass is 231 g/mol. The van der Waals surface area contributed by atoms with Crippen LogP contribution in [0.15, 0.2) is 30.3 Å². The summed E-state index contributed by atoms with van der Waals surface area (Å²) >= 11 is 0. The average Bonchev–Trinajstić information content (AvgIpc) is 2.59. The molecule has 5 nitrogen and oxygen atoms in total. The van der Waals surface area contributed by atoms with Gasteiger partial charge in [-0.25, -0.2) is 4.68 Å². The number of rotatable bonds is 3. The van der Waals surface area contributed by atoms with E-state index in [0.717, 1.165) is 11.3 Å². The minimum absolute atomic E-state index is 0.122. The number of aromatic nitrogens is 2. The van der Waals surface area contributed by atoms with Gasteiger partial charge in [0.15, 0.2) is 0 Å². The van der Waals surface area contributed by atoms with Crippen molar-refractivity contribution in [3.63, 3.8) is 0 Å². The second kappa shape index (κ2) is 4.29. The largest absolute Gasteiger partial charge is 0.481 e. The Labute approximate surface area is 98.5 Å². The molecule has 0 radical (unpaired) electrons. The van der Waals surface area contributed by atoms with Gasteiger partial charge >= 0.3 is 5.97 Å². The van der Waals surface area contributed by atoms with Gasteiger partial charge in [0.1, 0.15) is 5.82 Å². The third kappa shape index (κ3) is 2.28. The van der Waals surface area contributed by atoms with Gasteiger partial charge in [-0.15, -0.1) is 0 Å². The number of benzene rings is 1. The van der Waals surface area contributed by atoms with Crippen molar-refractivity contribution in [1.82, 2.24) is 9.78 Å². The van der Waals surface area contributed by atoms with Crippen LogP contribution in [0.2, 0.25) is 0 Å². The van der Waals surface area contributed by atoms with Crippen LogP contribution < -0.4 is 5.73 Å². The van der Waals surface area contributed by atoms with Gasteiger partial charge in [-0.3, -0.25) is 4.79 Å². The van der Waals surface area contributed by atoms with Crippen molar-refractivity contribution in [3.05, 3.63) is 41.6 Å². The molecule has 0 bridgehead atoms. The molecule has 1 aromatic heterocycles. The van der Waals surface area contributed by atoms with Crippen molar-refractivity contribution in [1.29, 1.82) is 0 Å². The van der Waals surface area contributed by atoms with E-state index in [-0.39, 0.29) is 6.42 Å². The fourth-order valence-corrected chi connectivity index (χ4v) is 1.68. The van der Waals surface area contributed by atoms with Crippen molar-refractivity contribution in [2.45, 2.75) is 13.3 Å². The van der Waals surface area contributed by atoms with Gasteiger partial charge in [0.2, 0.25) is 0 Å². The molecule has 5 heteroatoms. The molecule has 2 aromatic rings. The zero-order valence-electron chi connectivity index (χ0n) is 9.42. The Balaban J connectivity index is 2.43. The Bertz CT molecular complexity index is 561. The Hall–Kier alpha value is -2.30. The Morgan fingerprint density at radius 1 is 1.47 bits per heavy atom.